The molecular formula is C24H22F3N3O2. The van der Waals surface area contributed by atoms with E-state index in [0.717, 1.165) is 5.56 Å². The van der Waals surface area contributed by atoms with E-state index < -0.39 is 29.3 Å². The minimum atomic E-state index is -2.74. The third-order valence-electron chi connectivity index (χ3n) is 7.01. The van der Waals surface area contributed by atoms with Crippen molar-refractivity contribution >= 4 is 18.0 Å². The number of halogens is 3. The highest BCUT2D eigenvalue weighted by Crippen LogP contribution is 2.55. The molecule has 3 fully saturated rings. The molecule has 1 aliphatic heterocycles. The Morgan fingerprint density at radius 1 is 1.09 bits per heavy atom. The number of amides is 3. The van der Waals surface area contributed by atoms with Gasteiger partial charge in [0.2, 0.25) is 5.92 Å². The normalized spacial score (nSPS) is 31.0. The molecule has 2 aromatic rings. The first-order chi connectivity index (χ1) is 15.3. The van der Waals surface area contributed by atoms with Crippen molar-refractivity contribution in [1.29, 1.82) is 0 Å². The van der Waals surface area contributed by atoms with Gasteiger partial charge >= 0.3 is 6.03 Å². The molecule has 166 valence electrons. The second-order valence-corrected chi connectivity index (χ2v) is 8.97. The van der Waals surface area contributed by atoms with Crippen molar-refractivity contribution in [2.45, 2.75) is 37.1 Å². The second-order valence-electron chi connectivity index (χ2n) is 8.97. The zero-order valence-corrected chi connectivity index (χ0v) is 17.2. The number of rotatable bonds is 3. The van der Waals surface area contributed by atoms with Crippen LogP contribution >= 0.6 is 0 Å². The summed E-state index contributed by atoms with van der Waals surface area (Å²) >= 11 is 0. The van der Waals surface area contributed by atoms with E-state index in [4.69, 9.17) is 0 Å². The maximum Gasteiger partial charge on any atom is 0.322 e. The number of alkyl halides is 2. The Bertz CT molecular complexity index is 1100. The average Bonchev–Trinajstić information content (AvgIpc) is 3.20. The van der Waals surface area contributed by atoms with Gasteiger partial charge in [-0.25, -0.2) is 18.0 Å². The summed E-state index contributed by atoms with van der Waals surface area (Å²) in [6.45, 7) is 0. The third kappa shape index (κ3) is 3.57. The fourth-order valence-corrected chi connectivity index (χ4v) is 5.60. The number of urea groups is 1. The van der Waals surface area contributed by atoms with Crippen LogP contribution in [-0.2, 0) is 4.79 Å². The monoisotopic (exact) mass is 441 g/mol. The predicted octanol–water partition coefficient (Wildman–Crippen LogP) is 4.55. The van der Waals surface area contributed by atoms with E-state index >= 15 is 0 Å². The van der Waals surface area contributed by atoms with Gasteiger partial charge in [-0.15, -0.1) is 0 Å². The Morgan fingerprint density at radius 3 is 2.62 bits per heavy atom. The average molecular weight is 441 g/mol. The zero-order valence-electron chi connectivity index (χ0n) is 17.2. The van der Waals surface area contributed by atoms with Crippen molar-refractivity contribution in [3.63, 3.8) is 0 Å². The topological polar surface area (TPSA) is 71.1 Å². The van der Waals surface area contributed by atoms with E-state index in [2.05, 4.69) is 15.6 Å². The number of aromatic nitrogens is 1. The number of pyridine rings is 1. The minimum Gasteiger partial charge on any atom is -0.323 e. The molecule has 2 heterocycles. The van der Waals surface area contributed by atoms with Crippen LogP contribution in [0.1, 0.15) is 31.4 Å². The maximum absolute atomic E-state index is 14.0. The van der Waals surface area contributed by atoms with Crippen LogP contribution in [0.5, 0.6) is 0 Å². The predicted molar refractivity (Wildman–Crippen MR) is 112 cm³/mol. The first kappa shape index (κ1) is 20.7. The molecule has 1 aromatic heterocycles. The third-order valence-corrected chi connectivity index (χ3v) is 7.01. The number of nitrogens with one attached hydrogen (secondary N) is 2. The lowest BCUT2D eigenvalue weighted by Gasteiger charge is -2.34. The van der Waals surface area contributed by atoms with Gasteiger partial charge in [-0.2, -0.15) is 0 Å². The molecule has 0 radical (unpaired) electrons. The number of carbonyl (C=O) groups is 2. The summed E-state index contributed by atoms with van der Waals surface area (Å²) in [5.74, 6) is -4.40. The molecule has 3 amide bonds. The van der Waals surface area contributed by atoms with Gasteiger partial charge in [0.25, 0.3) is 5.91 Å². The van der Waals surface area contributed by atoms with Gasteiger partial charge in [-0.05, 0) is 54.5 Å². The number of hydrogen-bond donors (Lipinski definition) is 2. The van der Waals surface area contributed by atoms with E-state index in [1.54, 1.807) is 30.5 Å². The van der Waals surface area contributed by atoms with E-state index in [9.17, 15) is 22.8 Å². The highest BCUT2D eigenvalue weighted by molar-refractivity contribution is 6.07. The molecule has 1 spiro atoms. The van der Waals surface area contributed by atoms with Crippen molar-refractivity contribution in [2.75, 3.05) is 0 Å². The zero-order chi connectivity index (χ0) is 22.5. The molecule has 2 saturated carbocycles. The number of fused-ring (bicyclic) bond motifs is 1. The lowest BCUT2D eigenvalue weighted by atomic mass is 9.75. The number of hydrogen-bond acceptors (Lipinski definition) is 3. The summed E-state index contributed by atoms with van der Waals surface area (Å²) in [6.07, 6.45) is 5.22. The lowest BCUT2D eigenvalue weighted by molar-refractivity contribution is -0.124. The Kier molecular flexibility index (Phi) is 4.83. The SMILES string of the molecule is O=C1NC(=O)C2(C[C@H]3CC(F)(F)CC[C@H]3[C@@H]2/C=C/c2ccc(-c3cccc(F)c3)cn2)N1. The number of benzene rings is 1. The Balaban J connectivity index is 1.42. The van der Waals surface area contributed by atoms with Gasteiger partial charge in [0.05, 0.1) is 5.69 Å². The van der Waals surface area contributed by atoms with Crippen molar-refractivity contribution in [3.05, 3.63) is 60.2 Å². The molecule has 4 atom stereocenters. The standard InChI is InChI=1S/C24H22F3N3O2/c25-17-3-1-2-14(10-17)15-4-5-18(28-13-15)6-7-20-19-8-9-23(26,27)11-16(19)12-24(20)21(31)29-22(32)30-24/h1-7,10,13,16,19-20H,8-9,11-12H2,(H2,29,30,31,32)/b7-6+/t16-,19-,20+,24?/m1/s1. The fourth-order valence-electron chi connectivity index (χ4n) is 5.60. The van der Waals surface area contributed by atoms with Crippen LogP contribution in [0.2, 0.25) is 0 Å². The molecule has 2 aliphatic carbocycles. The van der Waals surface area contributed by atoms with Gasteiger partial charge in [0, 0.05) is 30.5 Å². The van der Waals surface area contributed by atoms with Crippen molar-refractivity contribution in [3.8, 4) is 11.1 Å². The van der Waals surface area contributed by atoms with Gasteiger partial charge in [-0.3, -0.25) is 15.1 Å². The first-order valence-electron chi connectivity index (χ1n) is 10.7. The lowest BCUT2D eigenvalue weighted by Crippen LogP contribution is -2.50. The van der Waals surface area contributed by atoms with E-state index in [-0.39, 0.29) is 36.9 Å². The number of nitrogens with zero attached hydrogens (tertiary/aromatic N) is 1. The van der Waals surface area contributed by atoms with Crippen LogP contribution in [-0.4, -0.2) is 28.4 Å². The van der Waals surface area contributed by atoms with E-state index in [1.165, 1.54) is 12.1 Å². The van der Waals surface area contributed by atoms with Gasteiger partial charge in [0.15, 0.2) is 0 Å². The molecule has 1 saturated heterocycles. The Hall–Kier alpha value is -3.16. The highest BCUT2D eigenvalue weighted by Gasteiger charge is 2.62. The van der Waals surface area contributed by atoms with Crippen LogP contribution in [0.25, 0.3) is 17.2 Å². The molecule has 2 N–H and O–H groups in total. The molecule has 8 heteroatoms. The number of imide groups is 1. The van der Waals surface area contributed by atoms with Crippen LogP contribution in [0, 0.1) is 23.6 Å². The first-order valence-corrected chi connectivity index (χ1v) is 10.7. The van der Waals surface area contributed by atoms with Gasteiger partial charge in [-0.1, -0.05) is 24.3 Å². The van der Waals surface area contributed by atoms with Gasteiger partial charge < -0.3 is 5.32 Å². The van der Waals surface area contributed by atoms with Crippen LogP contribution in [0.15, 0.2) is 48.7 Å². The van der Waals surface area contributed by atoms with Crippen molar-refractivity contribution in [1.82, 2.24) is 15.6 Å². The molecule has 5 nitrogen and oxygen atoms in total. The largest absolute Gasteiger partial charge is 0.323 e. The minimum absolute atomic E-state index is 0.124. The van der Waals surface area contributed by atoms with Crippen molar-refractivity contribution < 1.29 is 22.8 Å². The molecule has 0 bridgehead atoms. The van der Waals surface area contributed by atoms with Crippen LogP contribution in [0.3, 0.4) is 0 Å². The van der Waals surface area contributed by atoms with Crippen LogP contribution in [0.4, 0.5) is 18.0 Å². The van der Waals surface area contributed by atoms with E-state index in [1.807, 2.05) is 12.1 Å². The molecule has 1 unspecified atom stereocenters. The smallest absolute Gasteiger partial charge is 0.322 e. The number of carbonyl (C=O) groups excluding carboxylic acids is 2. The van der Waals surface area contributed by atoms with Crippen LogP contribution < -0.4 is 10.6 Å². The Labute approximate surface area is 183 Å². The Morgan fingerprint density at radius 2 is 1.94 bits per heavy atom. The molecule has 3 aliphatic rings. The molecule has 1 aromatic carbocycles. The highest BCUT2D eigenvalue weighted by atomic mass is 19.3. The van der Waals surface area contributed by atoms with E-state index in [0.29, 0.717) is 17.7 Å². The molecule has 5 rings (SSSR count). The summed E-state index contributed by atoms with van der Waals surface area (Å²) in [6, 6.07) is 9.23. The summed E-state index contributed by atoms with van der Waals surface area (Å²) in [4.78, 5) is 29.0. The fraction of sp³-hybridized carbons (Fsp3) is 0.375. The summed E-state index contributed by atoms with van der Waals surface area (Å²) in [5.41, 5.74) is 0.884. The summed E-state index contributed by atoms with van der Waals surface area (Å²) in [7, 11) is 0. The molecule has 32 heavy (non-hydrogen) atoms. The maximum atomic E-state index is 14.0. The van der Waals surface area contributed by atoms with Crippen molar-refractivity contribution in [2.24, 2.45) is 17.8 Å². The summed E-state index contributed by atoms with van der Waals surface area (Å²) in [5, 5.41) is 5.02. The summed E-state index contributed by atoms with van der Waals surface area (Å²) < 4.78 is 41.5. The van der Waals surface area contributed by atoms with Gasteiger partial charge in [0.1, 0.15) is 11.4 Å². The molecular weight excluding hydrogens is 419 g/mol. The quantitative estimate of drug-likeness (QED) is 0.687. The second kappa shape index (κ2) is 7.46.